The van der Waals surface area contributed by atoms with E-state index in [4.69, 9.17) is 9.47 Å². The van der Waals surface area contributed by atoms with E-state index in [1.54, 1.807) is 14.2 Å². The van der Waals surface area contributed by atoms with Crippen LogP contribution in [0.3, 0.4) is 0 Å². The average Bonchev–Trinajstić information content (AvgIpc) is 2.57. The van der Waals surface area contributed by atoms with E-state index in [-0.39, 0.29) is 37.7 Å². The summed E-state index contributed by atoms with van der Waals surface area (Å²) in [6.07, 6.45) is 2.28. The predicted octanol–water partition coefficient (Wildman–Crippen LogP) is -0.418. The maximum Gasteiger partial charge on any atom is 1.00 e. The second-order valence-electron chi connectivity index (χ2n) is 3.92. The molecule has 0 atom stereocenters. The molecule has 0 aliphatic carbocycles. The van der Waals surface area contributed by atoms with Gasteiger partial charge in [-0.05, 0) is 28.1 Å². The molecule has 2 aromatic rings. The van der Waals surface area contributed by atoms with E-state index in [0.29, 0.717) is 0 Å². The first-order valence-corrected chi connectivity index (χ1v) is 7.57. The minimum Gasteiger partial charge on any atom is -0.523 e. The van der Waals surface area contributed by atoms with Gasteiger partial charge in [0, 0.05) is 5.75 Å². The summed E-state index contributed by atoms with van der Waals surface area (Å²) < 4.78 is 10.8. The zero-order chi connectivity index (χ0) is 15.9. The first kappa shape index (κ1) is 27.6. The molecule has 2 nitrogen and oxygen atoms in total. The molecule has 0 amide bonds. The third kappa shape index (κ3) is 15.0. The Morgan fingerprint density at radius 1 is 1.00 bits per heavy atom. The van der Waals surface area contributed by atoms with Crippen LogP contribution in [0.1, 0.15) is 19.8 Å². The normalized spacial score (nSPS) is 7.87. The first-order chi connectivity index (χ1) is 10.2. The number of halogens is 1. The van der Waals surface area contributed by atoms with Crippen LogP contribution in [0.5, 0.6) is 11.5 Å². The van der Waals surface area contributed by atoms with E-state index in [1.165, 1.54) is 6.42 Å². The molecule has 0 unspecified atom stereocenters. The van der Waals surface area contributed by atoms with Gasteiger partial charge in [-0.25, -0.2) is 0 Å². The minimum atomic E-state index is 0. The zero-order valence-electron chi connectivity index (χ0n) is 14.9. The van der Waals surface area contributed by atoms with Crippen molar-refractivity contribution in [2.45, 2.75) is 19.8 Å². The number of unbranched alkanes of at least 4 members (excludes halogenated alkanes) is 1. The quantitative estimate of drug-likeness (QED) is 0.544. The van der Waals surface area contributed by atoms with Gasteiger partial charge in [-0.1, -0.05) is 25.5 Å². The molecule has 5 heteroatoms. The Labute approximate surface area is 173 Å². The fraction of sp³-hybridized carbons (Fsp3) is 0.278. The molecular formula is C18H23BrLi2O2. The Balaban J connectivity index is -0.000000267. The van der Waals surface area contributed by atoms with E-state index >= 15 is 0 Å². The second-order valence-corrected chi connectivity index (χ2v) is 4.77. The van der Waals surface area contributed by atoms with Gasteiger partial charge in [0.25, 0.3) is 0 Å². The zero-order valence-corrected chi connectivity index (χ0v) is 16.5. The van der Waals surface area contributed by atoms with Gasteiger partial charge in [-0.15, -0.1) is 12.1 Å². The summed E-state index contributed by atoms with van der Waals surface area (Å²) in [6.45, 7) is 5.72. The summed E-state index contributed by atoms with van der Waals surface area (Å²) in [7, 11) is 3.28. The number of rotatable bonds is 3. The summed E-state index contributed by atoms with van der Waals surface area (Å²) in [5.41, 5.74) is 0. The van der Waals surface area contributed by atoms with E-state index in [9.17, 15) is 0 Å². The van der Waals surface area contributed by atoms with Crippen LogP contribution in [0.2, 0.25) is 0 Å². The van der Waals surface area contributed by atoms with Crippen molar-refractivity contribution in [3.05, 3.63) is 66.0 Å². The van der Waals surface area contributed by atoms with Crippen LogP contribution in [-0.2, 0) is 0 Å². The van der Waals surface area contributed by atoms with Crippen LogP contribution in [0.15, 0.2) is 53.0 Å². The largest absolute Gasteiger partial charge is 1.00 e. The van der Waals surface area contributed by atoms with Crippen molar-refractivity contribution in [2.24, 2.45) is 0 Å². The molecule has 0 N–H and O–H groups in total. The van der Waals surface area contributed by atoms with E-state index < -0.39 is 0 Å². The van der Waals surface area contributed by atoms with Crippen LogP contribution >= 0.6 is 15.9 Å². The van der Waals surface area contributed by atoms with Crippen molar-refractivity contribution in [1.82, 2.24) is 0 Å². The van der Waals surface area contributed by atoms with Gasteiger partial charge >= 0.3 is 37.7 Å². The van der Waals surface area contributed by atoms with Crippen molar-refractivity contribution in [3.63, 3.8) is 0 Å². The minimum absolute atomic E-state index is 0. The van der Waals surface area contributed by atoms with E-state index in [1.807, 2.05) is 48.5 Å². The van der Waals surface area contributed by atoms with Gasteiger partial charge in [-0.3, -0.25) is 0 Å². The Morgan fingerprint density at radius 2 is 1.57 bits per heavy atom. The Kier molecular flexibility index (Phi) is 23.7. The van der Waals surface area contributed by atoms with Crippen molar-refractivity contribution in [2.75, 3.05) is 14.2 Å². The molecule has 0 aliphatic rings. The Bertz CT molecular complexity index is 466. The molecule has 0 bridgehead atoms. The second kappa shape index (κ2) is 19.8. The smallest absolute Gasteiger partial charge is 0.523 e. The van der Waals surface area contributed by atoms with Gasteiger partial charge < -0.3 is 16.4 Å². The van der Waals surface area contributed by atoms with Gasteiger partial charge in [-0.2, -0.15) is 24.6 Å². The molecule has 0 fully saturated rings. The van der Waals surface area contributed by atoms with Crippen molar-refractivity contribution >= 4 is 15.9 Å². The van der Waals surface area contributed by atoms with Crippen LogP contribution in [0.4, 0.5) is 0 Å². The molecule has 0 heterocycles. The Hall–Kier alpha value is -0.285. The first-order valence-electron chi connectivity index (χ1n) is 6.78. The molecule has 116 valence electrons. The molecule has 0 aliphatic heterocycles. The molecule has 0 saturated heterocycles. The van der Waals surface area contributed by atoms with E-state index in [0.717, 1.165) is 22.4 Å². The van der Waals surface area contributed by atoms with Gasteiger partial charge in [0.15, 0.2) is 0 Å². The van der Waals surface area contributed by atoms with Crippen LogP contribution < -0.4 is 47.2 Å². The molecule has 0 aromatic heterocycles. The average molecular weight is 365 g/mol. The maximum absolute atomic E-state index is 5.00. The van der Waals surface area contributed by atoms with Crippen molar-refractivity contribution in [1.29, 1.82) is 0 Å². The monoisotopic (exact) mass is 364 g/mol. The third-order valence-corrected chi connectivity index (χ3v) is 2.97. The van der Waals surface area contributed by atoms with Crippen molar-refractivity contribution < 1.29 is 47.2 Å². The number of hydrogen-bond acceptors (Lipinski definition) is 2. The maximum atomic E-state index is 5.00. The van der Waals surface area contributed by atoms with Gasteiger partial charge in [0.1, 0.15) is 5.75 Å². The molecule has 23 heavy (non-hydrogen) atoms. The summed E-state index contributed by atoms with van der Waals surface area (Å²) in [5.74, 6) is 1.66. The number of benzene rings is 2. The fourth-order valence-electron chi connectivity index (χ4n) is 1.11. The SMILES string of the molecule is COc1[c-]cccc1.COc1ccccc1Br.[CH2-]CCC.[Li+].[Li+]. The molecular weight excluding hydrogens is 342 g/mol. The number of hydrogen-bond donors (Lipinski definition) is 0. The summed E-state index contributed by atoms with van der Waals surface area (Å²) in [6, 6.07) is 18.1. The van der Waals surface area contributed by atoms with Crippen LogP contribution in [0, 0.1) is 13.0 Å². The van der Waals surface area contributed by atoms with Crippen LogP contribution in [-0.4, -0.2) is 14.2 Å². The summed E-state index contributed by atoms with van der Waals surface area (Å²) in [4.78, 5) is 0. The third-order valence-electron chi connectivity index (χ3n) is 2.31. The molecule has 0 spiro atoms. The van der Waals surface area contributed by atoms with Crippen molar-refractivity contribution in [3.8, 4) is 11.5 Å². The molecule has 0 radical (unpaired) electrons. The molecule has 2 rings (SSSR count). The van der Waals surface area contributed by atoms with Crippen LogP contribution in [0.25, 0.3) is 0 Å². The summed E-state index contributed by atoms with van der Waals surface area (Å²) >= 11 is 3.33. The number of methoxy groups -OCH3 is 2. The van der Waals surface area contributed by atoms with Gasteiger partial charge in [0.05, 0.1) is 18.7 Å². The summed E-state index contributed by atoms with van der Waals surface area (Å²) in [5, 5.41) is 0. The number of ether oxygens (including phenoxy) is 2. The number of para-hydroxylation sites is 2. The van der Waals surface area contributed by atoms with Gasteiger partial charge in [0.2, 0.25) is 0 Å². The Morgan fingerprint density at radius 3 is 1.87 bits per heavy atom. The fourth-order valence-corrected chi connectivity index (χ4v) is 1.56. The standard InChI is InChI=1S/C7H7BrO.C7H7O.C4H9.2Li/c1-9-7-5-3-2-4-6(7)8;1-8-7-5-3-2-4-6-7;1-3-4-2;;/h2-5H,1H3;2-5H,1H3;1,3-4H2,2H3;;/q;2*-1;2*+1. The molecule has 0 saturated carbocycles. The van der Waals surface area contributed by atoms with E-state index in [2.05, 4.69) is 35.8 Å². The topological polar surface area (TPSA) is 18.5 Å². The molecule has 2 aromatic carbocycles. The predicted molar refractivity (Wildman–Crippen MR) is 92.8 cm³/mol.